The van der Waals surface area contributed by atoms with Crippen LogP contribution in [0.2, 0.25) is 0 Å². The molecule has 0 fully saturated rings. The molecule has 3 rings (SSSR count). The summed E-state index contributed by atoms with van der Waals surface area (Å²) >= 11 is 8.31. The van der Waals surface area contributed by atoms with E-state index in [1.54, 1.807) is 6.20 Å². The van der Waals surface area contributed by atoms with E-state index in [1.165, 1.54) is 11.3 Å². The van der Waals surface area contributed by atoms with E-state index in [1.807, 2.05) is 11.4 Å². The van der Waals surface area contributed by atoms with Crippen LogP contribution in [0.15, 0.2) is 31.1 Å². The molecule has 2 N–H and O–H groups in total. The third-order valence-corrected chi connectivity index (χ3v) is 4.52. The lowest BCUT2D eigenvalue weighted by molar-refractivity contribution is 0.431. The molecule has 0 atom stereocenters. The van der Waals surface area contributed by atoms with Gasteiger partial charge in [0.1, 0.15) is 11.4 Å². The van der Waals surface area contributed by atoms with Crippen LogP contribution in [0, 0.1) is 0 Å². The minimum absolute atomic E-state index is 0.376. The van der Waals surface area contributed by atoms with Gasteiger partial charge in [-0.25, -0.2) is 4.98 Å². The third kappa shape index (κ3) is 3.20. The number of halogens is 2. The standard InChI is InChI=1S/C12H9Br2N5OS/c13-6-3-7(14)10(16-4-6)11-18-12(20-19-11)8-5-21-9(17-8)1-2-15/h3-5H,1-2,15H2. The molecule has 3 heterocycles. The van der Waals surface area contributed by atoms with Crippen molar-refractivity contribution in [3.8, 4) is 23.1 Å². The molecule has 108 valence electrons. The molecule has 0 bridgehead atoms. The summed E-state index contributed by atoms with van der Waals surface area (Å²) in [7, 11) is 0. The Labute approximate surface area is 141 Å². The zero-order valence-electron chi connectivity index (χ0n) is 10.6. The van der Waals surface area contributed by atoms with Crippen LogP contribution in [0.5, 0.6) is 0 Å². The monoisotopic (exact) mass is 429 g/mol. The lowest BCUT2D eigenvalue weighted by Gasteiger charge is -1.97. The van der Waals surface area contributed by atoms with E-state index in [4.69, 9.17) is 10.3 Å². The van der Waals surface area contributed by atoms with Gasteiger partial charge in [0.05, 0.1) is 5.01 Å². The van der Waals surface area contributed by atoms with Crippen molar-refractivity contribution in [2.45, 2.75) is 6.42 Å². The van der Waals surface area contributed by atoms with E-state index in [9.17, 15) is 0 Å². The number of nitrogens with two attached hydrogens (primary N) is 1. The van der Waals surface area contributed by atoms with Gasteiger partial charge in [-0.3, -0.25) is 4.98 Å². The van der Waals surface area contributed by atoms with E-state index >= 15 is 0 Å². The largest absolute Gasteiger partial charge is 0.332 e. The topological polar surface area (TPSA) is 90.7 Å². The summed E-state index contributed by atoms with van der Waals surface area (Å²) in [5.41, 5.74) is 6.79. The maximum absolute atomic E-state index is 5.52. The zero-order valence-corrected chi connectivity index (χ0v) is 14.6. The third-order valence-electron chi connectivity index (χ3n) is 2.57. The Hall–Kier alpha value is -1.16. The van der Waals surface area contributed by atoms with Crippen LogP contribution in [0.3, 0.4) is 0 Å². The maximum atomic E-state index is 5.52. The van der Waals surface area contributed by atoms with Crippen molar-refractivity contribution in [2.24, 2.45) is 5.73 Å². The molecule has 3 aromatic rings. The molecule has 0 aliphatic carbocycles. The van der Waals surface area contributed by atoms with E-state index < -0.39 is 0 Å². The lowest BCUT2D eigenvalue weighted by Crippen LogP contribution is -2.01. The molecule has 0 spiro atoms. The molecule has 0 saturated carbocycles. The van der Waals surface area contributed by atoms with Crippen molar-refractivity contribution in [1.82, 2.24) is 20.1 Å². The van der Waals surface area contributed by atoms with Gasteiger partial charge in [-0.15, -0.1) is 11.3 Å². The number of hydrogen-bond acceptors (Lipinski definition) is 7. The normalized spacial score (nSPS) is 11.0. The van der Waals surface area contributed by atoms with E-state index in [2.05, 4.69) is 52.0 Å². The van der Waals surface area contributed by atoms with Crippen LogP contribution in [0.4, 0.5) is 0 Å². The second kappa shape index (κ2) is 6.30. The van der Waals surface area contributed by atoms with Crippen LogP contribution in [-0.2, 0) is 6.42 Å². The van der Waals surface area contributed by atoms with E-state index in [-0.39, 0.29) is 0 Å². The molecule has 0 amide bonds. The van der Waals surface area contributed by atoms with Crippen LogP contribution in [0.1, 0.15) is 5.01 Å². The highest BCUT2D eigenvalue weighted by atomic mass is 79.9. The predicted octanol–water partition coefficient (Wildman–Crippen LogP) is 3.28. The molecule has 0 saturated heterocycles. The van der Waals surface area contributed by atoms with Gasteiger partial charge in [-0.2, -0.15) is 4.98 Å². The van der Waals surface area contributed by atoms with Crippen molar-refractivity contribution in [1.29, 1.82) is 0 Å². The van der Waals surface area contributed by atoms with Gasteiger partial charge < -0.3 is 10.3 Å². The van der Waals surface area contributed by atoms with Gasteiger partial charge in [0, 0.05) is 26.9 Å². The average molecular weight is 431 g/mol. The molecule has 0 radical (unpaired) electrons. The first-order valence-corrected chi connectivity index (χ1v) is 8.44. The average Bonchev–Trinajstić information content (AvgIpc) is 3.08. The fourth-order valence-corrected chi connectivity index (χ4v) is 3.60. The zero-order chi connectivity index (χ0) is 14.8. The number of rotatable bonds is 4. The van der Waals surface area contributed by atoms with Gasteiger partial charge in [0.25, 0.3) is 5.89 Å². The highest BCUT2D eigenvalue weighted by Gasteiger charge is 2.16. The number of pyridine rings is 1. The molecule has 0 aliphatic rings. The summed E-state index contributed by atoms with van der Waals surface area (Å²) < 4.78 is 6.91. The number of aromatic nitrogens is 4. The van der Waals surface area contributed by atoms with Gasteiger partial charge in [-0.1, -0.05) is 5.16 Å². The molecule has 9 heteroatoms. The minimum atomic E-state index is 0.376. The first kappa shape index (κ1) is 14.8. The SMILES string of the molecule is NCCc1nc(-c2nc(-c3ncc(Br)cc3Br)no2)cs1. The summed E-state index contributed by atoms with van der Waals surface area (Å²) in [6.45, 7) is 0.567. The van der Waals surface area contributed by atoms with Gasteiger partial charge in [-0.05, 0) is 44.5 Å². The Bertz CT molecular complexity index is 773. The number of nitrogens with zero attached hydrogens (tertiary/aromatic N) is 4. The Morgan fingerprint density at radius 3 is 2.90 bits per heavy atom. The Balaban J connectivity index is 1.91. The van der Waals surface area contributed by atoms with Gasteiger partial charge in [0.15, 0.2) is 0 Å². The highest BCUT2D eigenvalue weighted by molar-refractivity contribution is 9.11. The second-order valence-corrected chi connectivity index (χ2v) is 6.78. The summed E-state index contributed by atoms with van der Waals surface area (Å²) in [5.74, 6) is 0.791. The molecule has 0 aliphatic heterocycles. The fourth-order valence-electron chi connectivity index (χ4n) is 1.65. The van der Waals surface area contributed by atoms with Gasteiger partial charge in [0.2, 0.25) is 5.82 Å². The molecule has 0 unspecified atom stereocenters. The first-order chi connectivity index (χ1) is 10.2. The fraction of sp³-hybridized carbons (Fsp3) is 0.167. The predicted molar refractivity (Wildman–Crippen MR) is 86.8 cm³/mol. The first-order valence-electron chi connectivity index (χ1n) is 5.97. The summed E-state index contributed by atoms with van der Waals surface area (Å²) in [5, 5.41) is 6.79. The molecule has 0 aromatic carbocycles. The van der Waals surface area contributed by atoms with Crippen LogP contribution in [-0.4, -0.2) is 26.7 Å². The van der Waals surface area contributed by atoms with Crippen molar-refractivity contribution in [3.63, 3.8) is 0 Å². The molecule has 6 nitrogen and oxygen atoms in total. The van der Waals surface area contributed by atoms with Crippen LogP contribution < -0.4 is 5.73 Å². The van der Waals surface area contributed by atoms with Crippen molar-refractivity contribution in [3.05, 3.63) is 31.6 Å². The van der Waals surface area contributed by atoms with Crippen LogP contribution >= 0.6 is 43.2 Å². The number of hydrogen-bond donors (Lipinski definition) is 1. The molecule has 3 aromatic heterocycles. The smallest absolute Gasteiger partial charge is 0.277 e. The maximum Gasteiger partial charge on any atom is 0.277 e. The quantitative estimate of drug-likeness (QED) is 0.682. The molecule has 21 heavy (non-hydrogen) atoms. The number of thiazole rings is 1. The summed E-state index contributed by atoms with van der Waals surface area (Å²) in [4.78, 5) is 13.0. The summed E-state index contributed by atoms with van der Waals surface area (Å²) in [6, 6.07) is 1.88. The van der Waals surface area contributed by atoms with E-state index in [0.717, 1.165) is 20.4 Å². The Kier molecular flexibility index (Phi) is 4.43. The second-order valence-electron chi connectivity index (χ2n) is 4.07. The Morgan fingerprint density at radius 1 is 1.29 bits per heavy atom. The molecular weight excluding hydrogens is 422 g/mol. The lowest BCUT2D eigenvalue weighted by atomic mass is 10.3. The molecular formula is C12H9Br2N5OS. The van der Waals surface area contributed by atoms with Crippen molar-refractivity contribution >= 4 is 43.2 Å². The van der Waals surface area contributed by atoms with Crippen molar-refractivity contribution in [2.75, 3.05) is 6.54 Å². The highest BCUT2D eigenvalue weighted by Crippen LogP contribution is 2.28. The summed E-state index contributed by atoms with van der Waals surface area (Å²) in [6.07, 6.45) is 2.42. The minimum Gasteiger partial charge on any atom is -0.332 e. The van der Waals surface area contributed by atoms with E-state index in [0.29, 0.717) is 29.6 Å². The van der Waals surface area contributed by atoms with Crippen LogP contribution in [0.25, 0.3) is 23.1 Å². The Morgan fingerprint density at radius 2 is 2.14 bits per heavy atom. The van der Waals surface area contributed by atoms with Gasteiger partial charge >= 0.3 is 0 Å². The van der Waals surface area contributed by atoms with Crippen molar-refractivity contribution < 1.29 is 4.52 Å².